The second-order valence-electron chi connectivity index (χ2n) is 13.9. The molecule has 0 fully saturated rings. The summed E-state index contributed by atoms with van der Waals surface area (Å²) in [4.78, 5) is 64.6. The Morgan fingerprint density at radius 3 is 1.66 bits per heavy atom. The number of esters is 2. The summed E-state index contributed by atoms with van der Waals surface area (Å²) in [7, 11) is -9.70. The van der Waals surface area contributed by atoms with Crippen molar-refractivity contribution in [1.82, 2.24) is 0 Å². The molecule has 0 saturated carbocycles. The molecule has 0 saturated heterocycles. The van der Waals surface area contributed by atoms with Crippen LogP contribution in [0.3, 0.4) is 0 Å². The normalized spacial score (nSPS) is 14.4. The van der Waals surface area contributed by atoms with Crippen molar-refractivity contribution in [1.29, 1.82) is 0 Å². The zero-order chi connectivity index (χ0) is 41.8. The van der Waals surface area contributed by atoms with Crippen LogP contribution in [0.5, 0.6) is 0 Å². The van der Waals surface area contributed by atoms with Crippen LogP contribution < -0.4 is 0 Å². The van der Waals surface area contributed by atoms with Gasteiger partial charge in [-0.3, -0.25) is 28.0 Å². The summed E-state index contributed by atoms with van der Waals surface area (Å²) in [6.07, 6.45) is 29.6. The summed E-state index contributed by atoms with van der Waals surface area (Å²) in [6, 6.07) is 0. The third-order valence-corrected chi connectivity index (χ3v) is 9.90. The van der Waals surface area contributed by atoms with E-state index in [0.29, 0.717) is 19.3 Å². The van der Waals surface area contributed by atoms with Crippen LogP contribution in [0.25, 0.3) is 0 Å². The van der Waals surface area contributed by atoms with Crippen molar-refractivity contribution in [2.45, 2.75) is 174 Å². The van der Waals surface area contributed by atoms with Gasteiger partial charge in [0.1, 0.15) is 12.7 Å². The maximum Gasteiger partial charge on any atom is 0.472 e. The highest BCUT2D eigenvalue weighted by molar-refractivity contribution is 7.47. The first-order valence-electron chi connectivity index (χ1n) is 20.6. The lowest BCUT2D eigenvalue weighted by molar-refractivity contribution is -0.161. The third kappa shape index (κ3) is 38.9. The molecule has 0 bridgehead atoms. The number of carbonyl (C=O) groups excluding carboxylic acids is 3. The maximum absolute atomic E-state index is 12.6. The van der Waals surface area contributed by atoms with E-state index in [1.807, 2.05) is 6.08 Å². The molecule has 1 unspecified atom stereocenters. The summed E-state index contributed by atoms with van der Waals surface area (Å²) < 4.78 is 47.6. The lowest BCUT2D eigenvalue weighted by Gasteiger charge is -2.20. The number of aliphatic hydroxyl groups is 1. The van der Waals surface area contributed by atoms with E-state index in [2.05, 4.69) is 41.1 Å². The number of ether oxygens (including phenoxy) is 2. The molecule has 56 heavy (non-hydrogen) atoms. The summed E-state index contributed by atoms with van der Waals surface area (Å²) >= 11 is 0. The first kappa shape index (κ1) is 54.0. The quantitative estimate of drug-likeness (QED) is 0.0113. The standard InChI is InChI=1S/C40H72O14P2/c1-3-5-7-9-11-12-13-14-15-16-18-22-27-31-40(44)54-38(35-53-56(48,49)52-33-37(42)32-51-55(45,46)47)34-50-39(43)30-26-23-19-21-25-29-36(41)28-24-20-17-10-8-6-4-2/h12-13,17,20,24,28,37-38,42H,3-11,14-16,18-19,21-23,25-27,29-35H2,1-2H3,(H,48,49)(H2,45,46,47)/b13-12-,20-17-,28-24+/t37-,38+/m0/s1. The fraction of sp³-hybridized carbons (Fsp3) is 0.775. The zero-order valence-corrected chi connectivity index (χ0v) is 35.8. The molecule has 14 nitrogen and oxygen atoms in total. The Labute approximate surface area is 335 Å². The Hall–Kier alpha value is -1.99. The van der Waals surface area contributed by atoms with Gasteiger partial charge in [-0.2, -0.15) is 0 Å². The van der Waals surface area contributed by atoms with Gasteiger partial charge in [0, 0.05) is 19.3 Å². The Bertz CT molecular complexity index is 1200. The van der Waals surface area contributed by atoms with Gasteiger partial charge in [-0.1, -0.05) is 115 Å². The molecule has 4 N–H and O–H groups in total. The molecule has 326 valence electrons. The summed E-state index contributed by atoms with van der Waals surface area (Å²) in [6.45, 7) is 1.54. The van der Waals surface area contributed by atoms with E-state index in [1.165, 1.54) is 38.5 Å². The van der Waals surface area contributed by atoms with Crippen molar-refractivity contribution < 1.29 is 66.3 Å². The van der Waals surface area contributed by atoms with Gasteiger partial charge in [0.15, 0.2) is 11.9 Å². The largest absolute Gasteiger partial charge is 0.472 e. The van der Waals surface area contributed by atoms with E-state index in [4.69, 9.17) is 23.8 Å². The number of phosphoric ester groups is 2. The highest BCUT2D eigenvalue weighted by Gasteiger charge is 2.28. The fourth-order valence-corrected chi connectivity index (χ4v) is 6.42. The topological polar surface area (TPSA) is 212 Å². The van der Waals surface area contributed by atoms with Gasteiger partial charge >= 0.3 is 27.6 Å². The molecule has 0 aliphatic rings. The van der Waals surface area contributed by atoms with Crippen molar-refractivity contribution in [2.24, 2.45) is 0 Å². The first-order chi connectivity index (χ1) is 26.8. The molecule has 16 heteroatoms. The van der Waals surface area contributed by atoms with Gasteiger partial charge < -0.3 is 29.3 Å². The lowest BCUT2D eigenvalue weighted by atomic mass is 10.1. The average Bonchev–Trinajstić information content (AvgIpc) is 3.15. The van der Waals surface area contributed by atoms with Gasteiger partial charge in [-0.05, 0) is 63.9 Å². The molecule has 0 amide bonds. The Morgan fingerprint density at radius 1 is 0.554 bits per heavy atom. The highest BCUT2D eigenvalue weighted by atomic mass is 31.2. The number of carbonyl (C=O) groups is 3. The predicted molar refractivity (Wildman–Crippen MR) is 217 cm³/mol. The molecule has 0 aliphatic heterocycles. The molecular weight excluding hydrogens is 766 g/mol. The number of phosphoric acid groups is 2. The molecule has 0 spiro atoms. The number of hydrogen-bond donors (Lipinski definition) is 4. The summed E-state index contributed by atoms with van der Waals surface area (Å²) in [5.41, 5.74) is 0. The molecule has 0 heterocycles. The first-order valence-corrected chi connectivity index (χ1v) is 23.7. The van der Waals surface area contributed by atoms with Gasteiger partial charge in [-0.25, -0.2) is 9.13 Å². The number of aliphatic hydroxyl groups excluding tert-OH is 1. The molecule has 0 aromatic rings. The third-order valence-electron chi connectivity index (χ3n) is 8.47. The smallest absolute Gasteiger partial charge is 0.462 e. The van der Waals surface area contributed by atoms with E-state index in [-0.39, 0.29) is 18.6 Å². The van der Waals surface area contributed by atoms with Crippen LogP contribution in [-0.2, 0) is 46.6 Å². The van der Waals surface area contributed by atoms with Gasteiger partial charge in [0.05, 0.1) is 19.8 Å². The van der Waals surface area contributed by atoms with Crippen LogP contribution >= 0.6 is 15.6 Å². The molecule has 0 radical (unpaired) electrons. The van der Waals surface area contributed by atoms with Crippen LogP contribution in [0.2, 0.25) is 0 Å². The lowest BCUT2D eigenvalue weighted by Crippen LogP contribution is -2.30. The molecule has 0 aromatic heterocycles. The minimum Gasteiger partial charge on any atom is -0.462 e. The minimum absolute atomic E-state index is 0.0858. The van der Waals surface area contributed by atoms with E-state index in [9.17, 15) is 33.5 Å². The van der Waals surface area contributed by atoms with Gasteiger partial charge in [0.2, 0.25) is 0 Å². The highest BCUT2D eigenvalue weighted by Crippen LogP contribution is 2.43. The van der Waals surface area contributed by atoms with Gasteiger partial charge in [0.25, 0.3) is 0 Å². The predicted octanol–water partition coefficient (Wildman–Crippen LogP) is 9.30. The molecule has 0 aliphatic carbocycles. The van der Waals surface area contributed by atoms with E-state index < -0.39 is 66.2 Å². The van der Waals surface area contributed by atoms with Gasteiger partial charge in [-0.15, -0.1) is 0 Å². The van der Waals surface area contributed by atoms with Crippen molar-refractivity contribution in [3.8, 4) is 0 Å². The van der Waals surface area contributed by atoms with Crippen molar-refractivity contribution in [3.05, 3.63) is 36.5 Å². The molecule has 0 aromatic carbocycles. The number of unbranched alkanes of at least 4 members (excludes halogenated alkanes) is 16. The summed E-state index contributed by atoms with van der Waals surface area (Å²) in [5, 5.41) is 9.72. The Morgan fingerprint density at radius 2 is 1.04 bits per heavy atom. The summed E-state index contributed by atoms with van der Waals surface area (Å²) in [5.74, 6) is -1.05. The van der Waals surface area contributed by atoms with E-state index in [0.717, 1.165) is 77.0 Å². The second-order valence-corrected chi connectivity index (χ2v) is 16.6. The minimum atomic E-state index is -4.87. The van der Waals surface area contributed by atoms with Crippen LogP contribution in [-0.4, -0.2) is 76.1 Å². The van der Waals surface area contributed by atoms with Crippen LogP contribution in [0.4, 0.5) is 0 Å². The second kappa shape index (κ2) is 36.1. The molecular formula is C40H72O14P2. The van der Waals surface area contributed by atoms with E-state index >= 15 is 0 Å². The van der Waals surface area contributed by atoms with Crippen LogP contribution in [0.1, 0.15) is 162 Å². The van der Waals surface area contributed by atoms with E-state index in [1.54, 1.807) is 12.2 Å². The van der Waals surface area contributed by atoms with Crippen LogP contribution in [0.15, 0.2) is 36.5 Å². The van der Waals surface area contributed by atoms with Crippen molar-refractivity contribution in [3.63, 3.8) is 0 Å². The molecule has 3 atom stereocenters. The van der Waals surface area contributed by atoms with Crippen molar-refractivity contribution >= 4 is 33.4 Å². The number of ketones is 1. The zero-order valence-electron chi connectivity index (χ0n) is 34.0. The van der Waals surface area contributed by atoms with Crippen molar-refractivity contribution in [2.75, 3.05) is 26.4 Å². The number of hydrogen-bond acceptors (Lipinski definition) is 11. The molecule has 0 rings (SSSR count). The number of allylic oxidation sites excluding steroid dienone is 6. The Kier molecular flexibility index (Phi) is 34.8. The monoisotopic (exact) mass is 838 g/mol. The maximum atomic E-state index is 12.6. The van der Waals surface area contributed by atoms with Crippen LogP contribution in [0, 0.1) is 0 Å². The number of rotatable bonds is 39. The Balaban J connectivity index is 4.64. The fourth-order valence-electron chi connectivity index (χ4n) is 5.26. The SMILES string of the molecule is CCCCC/C=C\C=C\C(=O)CCCCCCCC(=O)OC[C@H](COP(=O)(O)OC[C@@H](O)COP(=O)(O)O)OC(=O)CCCCCCC/C=C\CCCCCC. The average molecular weight is 839 g/mol.